The van der Waals surface area contributed by atoms with E-state index in [9.17, 15) is 4.79 Å². The van der Waals surface area contributed by atoms with Crippen molar-refractivity contribution >= 4 is 17.5 Å². The number of aromatic nitrogens is 1. The van der Waals surface area contributed by atoms with Gasteiger partial charge in [-0.15, -0.1) is 0 Å². The molecule has 0 atom stereocenters. The highest BCUT2D eigenvalue weighted by molar-refractivity contribution is 5.89. The van der Waals surface area contributed by atoms with E-state index in [4.69, 9.17) is 5.26 Å². The number of nitrogens with zero attached hydrogens (tertiary/aromatic N) is 4. The van der Waals surface area contributed by atoms with Gasteiger partial charge in [-0.1, -0.05) is 31.9 Å². The third-order valence-corrected chi connectivity index (χ3v) is 5.04. The summed E-state index contributed by atoms with van der Waals surface area (Å²) in [6.45, 7) is 4.94. The first-order valence-corrected chi connectivity index (χ1v) is 9.95. The summed E-state index contributed by atoms with van der Waals surface area (Å²) in [5, 5.41) is 11.9. The lowest BCUT2D eigenvalue weighted by molar-refractivity contribution is 0.208. The molecule has 1 aliphatic heterocycles. The van der Waals surface area contributed by atoms with Gasteiger partial charge in [0.15, 0.2) is 0 Å². The van der Waals surface area contributed by atoms with Crippen molar-refractivity contribution in [1.29, 1.82) is 5.26 Å². The Morgan fingerprint density at radius 3 is 2.46 bits per heavy atom. The SMILES string of the molecule is CCCCCc1ccc(NC(=O)N2CCN(c3ccc(C#N)cn3)CC2)cc1. The number of piperazine rings is 1. The van der Waals surface area contributed by atoms with Crippen molar-refractivity contribution in [3.8, 4) is 6.07 Å². The molecule has 0 radical (unpaired) electrons. The lowest BCUT2D eigenvalue weighted by Crippen LogP contribution is -2.50. The largest absolute Gasteiger partial charge is 0.353 e. The summed E-state index contributed by atoms with van der Waals surface area (Å²) < 4.78 is 0. The number of pyridine rings is 1. The van der Waals surface area contributed by atoms with Gasteiger partial charge in [-0.25, -0.2) is 9.78 Å². The molecule has 0 aliphatic carbocycles. The zero-order valence-corrected chi connectivity index (χ0v) is 16.4. The molecular weight excluding hydrogens is 350 g/mol. The second-order valence-electron chi connectivity index (χ2n) is 7.08. The summed E-state index contributed by atoms with van der Waals surface area (Å²) in [5.41, 5.74) is 2.70. The van der Waals surface area contributed by atoms with E-state index in [0.29, 0.717) is 18.7 Å². The highest BCUT2D eigenvalue weighted by Gasteiger charge is 2.22. The molecule has 0 saturated carbocycles. The van der Waals surface area contributed by atoms with E-state index < -0.39 is 0 Å². The minimum Gasteiger partial charge on any atom is -0.353 e. The van der Waals surface area contributed by atoms with Gasteiger partial charge >= 0.3 is 6.03 Å². The zero-order chi connectivity index (χ0) is 19.8. The number of hydrogen-bond acceptors (Lipinski definition) is 4. The van der Waals surface area contributed by atoms with Crippen LogP contribution in [-0.4, -0.2) is 42.1 Å². The molecule has 2 amide bonds. The lowest BCUT2D eigenvalue weighted by atomic mass is 10.1. The Hall–Kier alpha value is -3.07. The number of nitriles is 1. The van der Waals surface area contributed by atoms with E-state index in [1.807, 2.05) is 23.1 Å². The van der Waals surface area contributed by atoms with Crippen LogP contribution in [0.5, 0.6) is 0 Å². The highest BCUT2D eigenvalue weighted by Crippen LogP contribution is 2.16. The molecule has 3 rings (SSSR count). The number of nitrogens with one attached hydrogen (secondary N) is 1. The minimum atomic E-state index is -0.0637. The number of anilines is 2. The Morgan fingerprint density at radius 1 is 1.11 bits per heavy atom. The van der Waals surface area contributed by atoms with E-state index in [1.165, 1.54) is 24.8 Å². The number of benzene rings is 1. The highest BCUT2D eigenvalue weighted by atomic mass is 16.2. The smallest absolute Gasteiger partial charge is 0.321 e. The van der Waals surface area contributed by atoms with Crippen LogP contribution in [0.2, 0.25) is 0 Å². The molecule has 1 aliphatic rings. The molecule has 2 heterocycles. The molecule has 0 unspecified atom stereocenters. The van der Waals surface area contributed by atoms with Crippen LogP contribution in [0.4, 0.5) is 16.3 Å². The molecule has 1 saturated heterocycles. The van der Waals surface area contributed by atoms with Gasteiger partial charge in [0.25, 0.3) is 0 Å². The Bertz CT molecular complexity index is 802. The van der Waals surface area contributed by atoms with Crippen molar-refractivity contribution < 1.29 is 4.79 Å². The van der Waals surface area contributed by atoms with Gasteiger partial charge in [-0.3, -0.25) is 0 Å². The predicted molar refractivity (Wildman–Crippen MR) is 111 cm³/mol. The van der Waals surface area contributed by atoms with Crippen molar-refractivity contribution in [3.63, 3.8) is 0 Å². The second-order valence-corrected chi connectivity index (χ2v) is 7.08. The molecule has 0 bridgehead atoms. The third-order valence-electron chi connectivity index (χ3n) is 5.04. The average molecular weight is 377 g/mol. The molecule has 1 aromatic heterocycles. The van der Waals surface area contributed by atoms with E-state index in [1.54, 1.807) is 12.3 Å². The number of carbonyl (C=O) groups excluding carboxylic acids is 1. The molecule has 146 valence electrons. The van der Waals surface area contributed by atoms with Gasteiger partial charge in [0.05, 0.1) is 5.56 Å². The number of rotatable bonds is 6. The maximum Gasteiger partial charge on any atom is 0.321 e. The Balaban J connectivity index is 1.47. The number of carbonyl (C=O) groups is 1. The van der Waals surface area contributed by atoms with Gasteiger partial charge in [-0.05, 0) is 42.7 Å². The summed E-state index contributed by atoms with van der Waals surface area (Å²) in [6.07, 6.45) is 6.36. The molecule has 6 heteroatoms. The number of hydrogen-bond donors (Lipinski definition) is 1. The van der Waals surface area contributed by atoms with E-state index in [2.05, 4.69) is 40.3 Å². The fourth-order valence-corrected chi connectivity index (χ4v) is 3.31. The summed E-state index contributed by atoms with van der Waals surface area (Å²) in [6, 6.07) is 13.8. The van der Waals surface area contributed by atoms with Crippen molar-refractivity contribution in [2.24, 2.45) is 0 Å². The van der Waals surface area contributed by atoms with Crippen LogP contribution in [0, 0.1) is 11.3 Å². The number of amides is 2. The molecule has 2 aromatic rings. The molecule has 1 N–H and O–H groups in total. The van der Waals surface area contributed by atoms with E-state index >= 15 is 0 Å². The number of unbranched alkanes of at least 4 members (excludes halogenated alkanes) is 2. The van der Waals surface area contributed by atoms with E-state index in [-0.39, 0.29) is 6.03 Å². The normalized spacial score (nSPS) is 13.9. The first-order chi connectivity index (χ1) is 13.7. The Labute approximate surface area is 166 Å². The first kappa shape index (κ1) is 19.7. The first-order valence-electron chi connectivity index (χ1n) is 9.95. The topological polar surface area (TPSA) is 72.3 Å². The lowest BCUT2D eigenvalue weighted by Gasteiger charge is -2.35. The van der Waals surface area contributed by atoms with Crippen LogP contribution >= 0.6 is 0 Å². The van der Waals surface area contributed by atoms with Gasteiger partial charge in [0.1, 0.15) is 11.9 Å². The van der Waals surface area contributed by atoms with Gasteiger partial charge in [0, 0.05) is 38.1 Å². The Kier molecular flexibility index (Phi) is 6.85. The number of aryl methyl sites for hydroxylation is 1. The van der Waals surface area contributed by atoms with Crippen LogP contribution in [-0.2, 0) is 6.42 Å². The van der Waals surface area contributed by atoms with Crippen molar-refractivity contribution in [2.75, 3.05) is 36.4 Å². The quantitative estimate of drug-likeness (QED) is 0.771. The maximum atomic E-state index is 12.5. The monoisotopic (exact) mass is 377 g/mol. The van der Waals surface area contributed by atoms with Gasteiger partial charge in [-0.2, -0.15) is 5.26 Å². The number of urea groups is 1. The summed E-state index contributed by atoms with van der Waals surface area (Å²) in [5.74, 6) is 0.845. The molecule has 1 fully saturated rings. The zero-order valence-electron chi connectivity index (χ0n) is 16.4. The van der Waals surface area contributed by atoms with Crippen molar-refractivity contribution in [3.05, 3.63) is 53.7 Å². The van der Waals surface area contributed by atoms with Crippen molar-refractivity contribution in [2.45, 2.75) is 32.6 Å². The van der Waals surface area contributed by atoms with Crippen LogP contribution in [0.15, 0.2) is 42.6 Å². The van der Waals surface area contributed by atoms with Gasteiger partial charge < -0.3 is 15.1 Å². The molecule has 0 spiro atoms. The molecular formula is C22H27N5O. The van der Waals surface area contributed by atoms with Crippen LogP contribution in [0.3, 0.4) is 0 Å². The van der Waals surface area contributed by atoms with Gasteiger partial charge in [0.2, 0.25) is 0 Å². The van der Waals surface area contributed by atoms with Crippen LogP contribution in [0.25, 0.3) is 0 Å². The minimum absolute atomic E-state index is 0.0637. The molecule has 28 heavy (non-hydrogen) atoms. The predicted octanol–water partition coefficient (Wildman–Crippen LogP) is 4.04. The summed E-state index contributed by atoms with van der Waals surface area (Å²) >= 11 is 0. The van der Waals surface area contributed by atoms with Crippen molar-refractivity contribution in [1.82, 2.24) is 9.88 Å². The Morgan fingerprint density at radius 2 is 1.86 bits per heavy atom. The van der Waals surface area contributed by atoms with Crippen LogP contribution < -0.4 is 10.2 Å². The summed E-state index contributed by atoms with van der Waals surface area (Å²) in [7, 11) is 0. The fourth-order valence-electron chi connectivity index (χ4n) is 3.31. The van der Waals surface area contributed by atoms with Crippen LogP contribution in [0.1, 0.15) is 37.3 Å². The maximum absolute atomic E-state index is 12.5. The molecule has 1 aromatic carbocycles. The van der Waals surface area contributed by atoms with E-state index in [0.717, 1.165) is 31.0 Å². The average Bonchev–Trinajstić information content (AvgIpc) is 2.75. The standard InChI is InChI=1S/C22H27N5O/c1-2-3-4-5-18-6-9-20(10-7-18)25-22(28)27-14-12-26(13-15-27)21-11-8-19(16-23)17-24-21/h6-11,17H,2-5,12-15H2,1H3,(H,25,28). The third kappa shape index (κ3) is 5.23. The second kappa shape index (κ2) is 9.75. The summed E-state index contributed by atoms with van der Waals surface area (Å²) in [4.78, 5) is 20.8. The fraction of sp³-hybridized carbons (Fsp3) is 0.409. The molecule has 6 nitrogen and oxygen atoms in total.